The number of rotatable bonds is 3. The van der Waals surface area contributed by atoms with Crippen molar-refractivity contribution < 1.29 is 9.18 Å². The van der Waals surface area contributed by atoms with Gasteiger partial charge in [-0.15, -0.1) is 0 Å². The van der Waals surface area contributed by atoms with Gasteiger partial charge in [0.15, 0.2) is 0 Å². The number of benzene rings is 1. The monoisotopic (exact) mass is 370 g/mol. The SMILES string of the molecule is Cc1cc(C(=O)N2CCC(N3CCNCC3)C2)c(C)n1-c1ccc(F)cc1. The summed E-state index contributed by atoms with van der Waals surface area (Å²) in [5, 5.41) is 3.39. The molecule has 0 saturated carbocycles. The molecule has 1 aromatic heterocycles. The third-order valence-corrected chi connectivity index (χ3v) is 5.86. The molecule has 1 atom stereocenters. The Labute approximate surface area is 159 Å². The zero-order valence-corrected chi connectivity index (χ0v) is 16.0. The van der Waals surface area contributed by atoms with E-state index in [-0.39, 0.29) is 11.7 Å². The molecule has 0 bridgehead atoms. The Kier molecular flexibility index (Phi) is 5.02. The van der Waals surface area contributed by atoms with Gasteiger partial charge < -0.3 is 14.8 Å². The van der Waals surface area contributed by atoms with Gasteiger partial charge in [0.2, 0.25) is 0 Å². The minimum Gasteiger partial charge on any atom is -0.337 e. The lowest BCUT2D eigenvalue weighted by Crippen LogP contribution is -2.49. The van der Waals surface area contributed by atoms with Crippen LogP contribution in [0.25, 0.3) is 5.69 Å². The summed E-state index contributed by atoms with van der Waals surface area (Å²) in [5.41, 5.74) is 3.53. The second-order valence-electron chi connectivity index (χ2n) is 7.58. The first kappa shape index (κ1) is 18.2. The highest BCUT2D eigenvalue weighted by atomic mass is 19.1. The van der Waals surface area contributed by atoms with E-state index >= 15 is 0 Å². The molecule has 0 spiro atoms. The maximum absolute atomic E-state index is 13.3. The molecule has 1 aromatic carbocycles. The Morgan fingerprint density at radius 1 is 1.11 bits per heavy atom. The summed E-state index contributed by atoms with van der Waals surface area (Å²) < 4.78 is 15.3. The fourth-order valence-corrected chi connectivity index (χ4v) is 4.41. The number of amides is 1. The van der Waals surface area contributed by atoms with Crippen molar-refractivity contribution in [2.45, 2.75) is 26.3 Å². The van der Waals surface area contributed by atoms with E-state index in [9.17, 15) is 9.18 Å². The number of piperazine rings is 1. The van der Waals surface area contributed by atoms with E-state index in [1.54, 1.807) is 12.1 Å². The van der Waals surface area contributed by atoms with Crippen LogP contribution in [-0.4, -0.2) is 65.6 Å². The molecule has 0 radical (unpaired) electrons. The smallest absolute Gasteiger partial charge is 0.255 e. The third kappa shape index (κ3) is 3.51. The molecule has 27 heavy (non-hydrogen) atoms. The second-order valence-corrected chi connectivity index (χ2v) is 7.58. The highest BCUT2D eigenvalue weighted by Crippen LogP contribution is 2.25. The number of likely N-dealkylation sites (tertiary alicyclic amines) is 1. The molecule has 2 aliphatic heterocycles. The molecule has 2 aliphatic rings. The standard InChI is InChI=1S/C21H27FN4O/c1-15-13-20(16(2)26(15)18-5-3-17(22)4-6-18)21(27)25-10-7-19(14-25)24-11-8-23-9-12-24/h3-6,13,19,23H,7-12,14H2,1-2H3. The summed E-state index contributed by atoms with van der Waals surface area (Å²) >= 11 is 0. The average Bonchev–Trinajstić information content (AvgIpc) is 3.28. The van der Waals surface area contributed by atoms with Crippen molar-refractivity contribution in [3.63, 3.8) is 0 Å². The molecule has 6 heteroatoms. The first-order valence-electron chi connectivity index (χ1n) is 9.73. The van der Waals surface area contributed by atoms with Crippen molar-refractivity contribution in [3.8, 4) is 5.69 Å². The molecule has 0 aliphatic carbocycles. The number of aryl methyl sites for hydroxylation is 1. The van der Waals surface area contributed by atoms with Crippen LogP contribution in [0.4, 0.5) is 4.39 Å². The predicted molar refractivity (Wildman–Crippen MR) is 104 cm³/mol. The summed E-state index contributed by atoms with van der Waals surface area (Å²) in [6, 6.07) is 8.83. The average molecular weight is 370 g/mol. The summed E-state index contributed by atoms with van der Waals surface area (Å²) in [6.45, 7) is 9.75. The van der Waals surface area contributed by atoms with Crippen molar-refractivity contribution >= 4 is 5.91 Å². The fraction of sp³-hybridized carbons (Fsp3) is 0.476. The number of halogens is 1. The largest absolute Gasteiger partial charge is 0.337 e. The van der Waals surface area contributed by atoms with Crippen LogP contribution in [0.2, 0.25) is 0 Å². The van der Waals surface area contributed by atoms with Crippen LogP contribution < -0.4 is 5.32 Å². The Morgan fingerprint density at radius 3 is 2.52 bits per heavy atom. The molecule has 5 nitrogen and oxygen atoms in total. The highest BCUT2D eigenvalue weighted by Gasteiger charge is 2.32. The van der Waals surface area contributed by atoms with Crippen LogP contribution in [0, 0.1) is 19.7 Å². The van der Waals surface area contributed by atoms with Gasteiger partial charge >= 0.3 is 0 Å². The Morgan fingerprint density at radius 2 is 1.81 bits per heavy atom. The summed E-state index contributed by atoms with van der Waals surface area (Å²) in [7, 11) is 0. The summed E-state index contributed by atoms with van der Waals surface area (Å²) in [6.07, 6.45) is 1.04. The van der Waals surface area contributed by atoms with Crippen LogP contribution in [0.1, 0.15) is 28.2 Å². The van der Waals surface area contributed by atoms with Gasteiger partial charge in [-0.1, -0.05) is 0 Å². The van der Waals surface area contributed by atoms with Crippen LogP contribution in [-0.2, 0) is 0 Å². The van der Waals surface area contributed by atoms with Gasteiger partial charge in [-0.2, -0.15) is 0 Å². The minimum atomic E-state index is -0.256. The molecular weight excluding hydrogens is 343 g/mol. The van der Waals surface area contributed by atoms with E-state index in [4.69, 9.17) is 0 Å². The molecule has 2 saturated heterocycles. The number of hydrogen-bond acceptors (Lipinski definition) is 3. The zero-order valence-electron chi connectivity index (χ0n) is 16.0. The molecule has 1 N–H and O–H groups in total. The van der Waals surface area contributed by atoms with Crippen molar-refractivity contribution in [1.29, 1.82) is 0 Å². The van der Waals surface area contributed by atoms with Crippen molar-refractivity contribution in [3.05, 3.63) is 53.1 Å². The summed E-state index contributed by atoms with van der Waals surface area (Å²) in [4.78, 5) is 17.7. The molecule has 3 heterocycles. The maximum atomic E-state index is 13.3. The molecule has 1 amide bonds. The Balaban J connectivity index is 1.53. The lowest BCUT2D eigenvalue weighted by molar-refractivity contribution is 0.0773. The minimum absolute atomic E-state index is 0.106. The van der Waals surface area contributed by atoms with E-state index in [2.05, 4.69) is 10.2 Å². The van der Waals surface area contributed by atoms with Gasteiger partial charge in [-0.05, 0) is 50.6 Å². The normalized spacial score (nSPS) is 21.0. The van der Waals surface area contributed by atoms with Crippen LogP contribution >= 0.6 is 0 Å². The second kappa shape index (κ2) is 7.44. The Bertz CT molecular complexity index is 823. The first-order valence-corrected chi connectivity index (χ1v) is 9.73. The van der Waals surface area contributed by atoms with E-state index in [0.717, 1.165) is 68.3 Å². The molecule has 144 valence electrons. The molecule has 4 rings (SSSR count). The number of carbonyl (C=O) groups excluding carboxylic acids is 1. The van der Waals surface area contributed by atoms with Gasteiger partial charge in [0, 0.05) is 62.4 Å². The van der Waals surface area contributed by atoms with Gasteiger partial charge in [-0.25, -0.2) is 4.39 Å². The van der Waals surface area contributed by atoms with E-state index in [1.165, 1.54) is 12.1 Å². The Hall–Kier alpha value is -2.18. The lowest BCUT2D eigenvalue weighted by Gasteiger charge is -2.32. The zero-order chi connectivity index (χ0) is 19.0. The number of hydrogen-bond donors (Lipinski definition) is 1. The highest BCUT2D eigenvalue weighted by molar-refractivity contribution is 5.96. The van der Waals surface area contributed by atoms with Crippen LogP contribution in [0.5, 0.6) is 0 Å². The first-order chi connectivity index (χ1) is 13.0. The lowest BCUT2D eigenvalue weighted by atomic mass is 10.2. The molecular formula is C21H27FN4O. The third-order valence-electron chi connectivity index (χ3n) is 5.86. The molecule has 2 aromatic rings. The maximum Gasteiger partial charge on any atom is 0.255 e. The number of carbonyl (C=O) groups is 1. The van der Waals surface area contributed by atoms with Gasteiger partial charge in [-0.3, -0.25) is 9.69 Å². The van der Waals surface area contributed by atoms with Crippen molar-refractivity contribution in [1.82, 2.24) is 19.7 Å². The van der Waals surface area contributed by atoms with E-state index in [1.807, 2.05) is 29.4 Å². The topological polar surface area (TPSA) is 40.5 Å². The van der Waals surface area contributed by atoms with Crippen LogP contribution in [0.15, 0.2) is 30.3 Å². The number of nitrogens with zero attached hydrogens (tertiary/aromatic N) is 3. The van der Waals surface area contributed by atoms with Crippen molar-refractivity contribution in [2.75, 3.05) is 39.3 Å². The van der Waals surface area contributed by atoms with Gasteiger partial charge in [0.05, 0.1) is 5.56 Å². The molecule has 2 fully saturated rings. The molecule has 1 unspecified atom stereocenters. The van der Waals surface area contributed by atoms with E-state index < -0.39 is 0 Å². The van der Waals surface area contributed by atoms with Gasteiger partial charge in [0.1, 0.15) is 5.82 Å². The quantitative estimate of drug-likeness (QED) is 0.902. The predicted octanol–water partition coefficient (Wildman–Crippen LogP) is 2.35. The number of aromatic nitrogens is 1. The van der Waals surface area contributed by atoms with E-state index in [0.29, 0.717) is 6.04 Å². The fourth-order valence-electron chi connectivity index (χ4n) is 4.41. The van der Waals surface area contributed by atoms with Gasteiger partial charge in [0.25, 0.3) is 5.91 Å². The van der Waals surface area contributed by atoms with Crippen LogP contribution in [0.3, 0.4) is 0 Å². The summed E-state index contributed by atoms with van der Waals surface area (Å²) in [5.74, 6) is -0.150. The number of nitrogens with one attached hydrogen (secondary N) is 1. The van der Waals surface area contributed by atoms with Crippen molar-refractivity contribution in [2.24, 2.45) is 0 Å².